The van der Waals surface area contributed by atoms with Crippen molar-refractivity contribution in [1.29, 1.82) is 0 Å². The van der Waals surface area contributed by atoms with Gasteiger partial charge in [0.2, 0.25) is 11.9 Å². The van der Waals surface area contributed by atoms with Crippen LogP contribution in [-0.2, 0) is 25.5 Å². The van der Waals surface area contributed by atoms with E-state index in [2.05, 4.69) is 20.6 Å². The number of aryl methyl sites for hydroxylation is 1. The number of nitrogens with zero attached hydrogens (tertiary/aromatic N) is 3. The fourth-order valence-corrected chi connectivity index (χ4v) is 3.52. The monoisotopic (exact) mass is 519 g/mol. The molecule has 202 valence electrons. The van der Waals surface area contributed by atoms with Gasteiger partial charge in [0, 0.05) is 36.7 Å². The highest BCUT2D eigenvalue weighted by atomic mass is 16.6. The third-order valence-electron chi connectivity index (χ3n) is 5.31. The minimum Gasteiger partial charge on any atom is -0.460 e. The number of hydrogen-bond donors (Lipinski definition) is 2. The van der Waals surface area contributed by atoms with Gasteiger partial charge in [-0.1, -0.05) is 30.3 Å². The van der Waals surface area contributed by atoms with E-state index in [1.54, 1.807) is 0 Å². The Morgan fingerprint density at radius 1 is 0.947 bits per heavy atom. The summed E-state index contributed by atoms with van der Waals surface area (Å²) < 4.78 is 10.9. The van der Waals surface area contributed by atoms with E-state index in [4.69, 9.17) is 9.47 Å². The van der Waals surface area contributed by atoms with Gasteiger partial charge in [-0.3, -0.25) is 9.59 Å². The topological polar surface area (TPSA) is 106 Å². The van der Waals surface area contributed by atoms with Gasteiger partial charge in [0.15, 0.2) is 0 Å². The Hall–Kier alpha value is -3.98. The lowest BCUT2D eigenvalue weighted by atomic mass is 10.1. The molecule has 0 saturated heterocycles. The summed E-state index contributed by atoms with van der Waals surface area (Å²) in [5.41, 5.74) is 2.81. The average molecular weight is 520 g/mol. The van der Waals surface area contributed by atoms with Gasteiger partial charge in [-0.2, -0.15) is 4.98 Å². The second kappa shape index (κ2) is 13.5. The van der Waals surface area contributed by atoms with Crippen LogP contribution in [0.3, 0.4) is 0 Å². The first-order valence-corrected chi connectivity index (χ1v) is 12.6. The maximum absolute atomic E-state index is 12.3. The highest BCUT2D eigenvalue weighted by Gasteiger charge is 2.16. The van der Waals surface area contributed by atoms with E-state index >= 15 is 0 Å². The quantitative estimate of drug-likeness (QED) is 0.257. The van der Waals surface area contributed by atoms with Crippen LogP contribution in [0.2, 0.25) is 0 Å². The Balaban J connectivity index is 1.47. The number of aromatic nitrogens is 2. The van der Waals surface area contributed by atoms with Crippen molar-refractivity contribution < 1.29 is 19.1 Å². The number of anilines is 4. The smallest absolute Gasteiger partial charge is 0.308 e. The van der Waals surface area contributed by atoms with Crippen LogP contribution in [0.15, 0.2) is 60.7 Å². The van der Waals surface area contributed by atoms with E-state index in [0.717, 1.165) is 22.8 Å². The fraction of sp³-hybridized carbons (Fsp3) is 0.379. The van der Waals surface area contributed by atoms with Gasteiger partial charge in [-0.05, 0) is 57.5 Å². The number of hydrogen-bond acceptors (Lipinski definition) is 8. The van der Waals surface area contributed by atoms with Gasteiger partial charge in [-0.15, -0.1) is 0 Å². The Morgan fingerprint density at radius 2 is 1.63 bits per heavy atom. The van der Waals surface area contributed by atoms with Crippen molar-refractivity contribution in [1.82, 2.24) is 9.97 Å². The second-order valence-corrected chi connectivity index (χ2v) is 9.97. The molecule has 9 nitrogen and oxygen atoms in total. The Bertz CT molecular complexity index is 1190. The molecule has 3 rings (SSSR count). The maximum atomic E-state index is 12.3. The molecule has 0 unspecified atom stereocenters. The number of esters is 1. The molecule has 1 heterocycles. The molecule has 0 saturated carbocycles. The zero-order valence-corrected chi connectivity index (χ0v) is 22.8. The van der Waals surface area contributed by atoms with Crippen LogP contribution >= 0.6 is 0 Å². The lowest BCUT2D eigenvalue weighted by Gasteiger charge is -2.20. The minimum absolute atomic E-state index is 0.0691. The van der Waals surface area contributed by atoms with Crippen LogP contribution in [0, 0.1) is 6.92 Å². The summed E-state index contributed by atoms with van der Waals surface area (Å²) in [6, 6.07) is 18.9. The molecular weight excluding hydrogens is 482 g/mol. The third kappa shape index (κ3) is 10.2. The molecule has 0 spiro atoms. The number of amides is 1. The van der Waals surface area contributed by atoms with E-state index in [9.17, 15) is 9.59 Å². The van der Waals surface area contributed by atoms with Gasteiger partial charge in [0.05, 0.1) is 26.1 Å². The van der Waals surface area contributed by atoms with Gasteiger partial charge in [0.1, 0.15) is 11.4 Å². The predicted molar refractivity (Wildman–Crippen MR) is 150 cm³/mol. The van der Waals surface area contributed by atoms with Crippen molar-refractivity contribution in [2.24, 2.45) is 0 Å². The zero-order chi connectivity index (χ0) is 27.5. The van der Waals surface area contributed by atoms with Crippen molar-refractivity contribution in [3.63, 3.8) is 0 Å². The first kappa shape index (κ1) is 28.6. The molecule has 3 aromatic rings. The fourth-order valence-electron chi connectivity index (χ4n) is 3.52. The third-order valence-corrected chi connectivity index (χ3v) is 5.31. The molecule has 0 atom stereocenters. The van der Waals surface area contributed by atoms with Crippen molar-refractivity contribution in [3.8, 4) is 0 Å². The van der Waals surface area contributed by atoms with Crippen LogP contribution in [0.4, 0.5) is 23.1 Å². The maximum Gasteiger partial charge on any atom is 0.308 e. The molecular formula is C29H37N5O4. The highest BCUT2D eigenvalue weighted by molar-refractivity contribution is 5.92. The Morgan fingerprint density at radius 3 is 2.32 bits per heavy atom. The van der Waals surface area contributed by atoms with Gasteiger partial charge < -0.3 is 25.0 Å². The molecule has 0 bridgehead atoms. The van der Waals surface area contributed by atoms with Crippen molar-refractivity contribution in [3.05, 3.63) is 71.9 Å². The van der Waals surface area contributed by atoms with Crippen LogP contribution in [0.1, 0.15) is 38.4 Å². The number of rotatable bonds is 12. The number of likely N-dealkylation sites (N-methyl/N-ethyl adjacent to an activating group) is 1. The minimum atomic E-state index is -0.492. The summed E-state index contributed by atoms with van der Waals surface area (Å²) in [6.45, 7) is 8.79. The van der Waals surface area contributed by atoms with E-state index < -0.39 is 5.60 Å². The number of ether oxygens (including phenoxy) is 2. The number of benzene rings is 2. The molecule has 0 radical (unpaired) electrons. The van der Waals surface area contributed by atoms with Gasteiger partial charge >= 0.3 is 5.97 Å². The first-order valence-electron chi connectivity index (χ1n) is 12.6. The molecule has 0 aliphatic carbocycles. The van der Waals surface area contributed by atoms with E-state index in [1.807, 2.05) is 100 Å². The van der Waals surface area contributed by atoms with Crippen LogP contribution in [-0.4, -0.2) is 54.3 Å². The van der Waals surface area contributed by atoms with Crippen molar-refractivity contribution >= 4 is 35.0 Å². The SMILES string of the molecule is Cc1cc(N(C)CCOCCC(=O)OC(C)(C)C)nc(Nc2ccc(NC(=O)Cc3ccccc3)cc2)n1. The number of carbonyl (C=O) groups is 2. The Kier molecular flexibility index (Phi) is 10.2. The van der Waals surface area contributed by atoms with Crippen LogP contribution < -0.4 is 15.5 Å². The van der Waals surface area contributed by atoms with Crippen molar-refractivity contribution in [2.45, 2.75) is 46.1 Å². The molecule has 38 heavy (non-hydrogen) atoms. The summed E-state index contributed by atoms with van der Waals surface area (Å²) in [7, 11) is 1.93. The first-order chi connectivity index (χ1) is 18.1. The second-order valence-electron chi connectivity index (χ2n) is 9.97. The standard InChI is InChI=1S/C29H37N5O4/c1-21-19-25(34(5)16-18-37-17-15-27(36)38-29(2,3)4)33-28(30-21)32-24-13-11-23(12-14-24)31-26(35)20-22-9-7-6-8-10-22/h6-14,19H,15-18,20H2,1-5H3,(H,31,35)(H,30,32,33). The van der Waals surface area contributed by atoms with Crippen molar-refractivity contribution in [2.75, 3.05) is 42.3 Å². The molecule has 0 aliphatic heterocycles. The molecule has 0 fully saturated rings. The van der Waals surface area contributed by atoms with E-state index in [-0.39, 0.29) is 18.3 Å². The van der Waals surface area contributed by atoms with Crippen LogP contribution in [0.5, 0.6) is 0 Å². The molecule has 9 heteroatoms. The zero-order valence-electron chi connectivity index (χ0n) is 22.8. The van der Waals surface area contributed by atoms with E-state index in [1.165, 1.54) is 0 Å². The normalized spacial score (nSPS) is 11.1. The largest absolute Gasteiger partial charge is 0.460 e. The average Bonchev–Trinajstić information content (AvgIpc) is 2.84. The van der Waals surface area contributed by atoms with E-state index in [0.29, 0.717) is 37.8 Å². The molecule has 0 aliphatic rings. The van der Waals surface area contributed by atoms with Gasteiger partial charge in [0.25, 0.3) is 0 Å². The summed E-state index contributed by atoms with van der Waals surface area (Å²) in [4.78, 5) is 35.2. The van der Waals surface area contributed by atoms with Crippen LogP contribution in [0.25, 0.3) is 0 Å². The summed E-state index contributed by atoms with van der Waals surface area (Å²) in [6.07, 6.45) is 0.542. The Labute approximate surface area is 224 Å². The highest BCUT2D eigenvalue weighted by Crippen LogP contribution is 2.20. The summed E-state index contributed by atoms with van der Waals surface area (Å²) in [5, 5.41) is 6.14. The molecule has 2 aromatic carbocycles. The number of carbonyl (C=O) groups excluding carboxylic acids is 2. The molecule has 1 amide bonds. The summed E-state index contributed by atoms with van der Waals surface area (Å²) in [5.74, 6) is 0.884. The predicted octanol–water partition coefficient (Wildman–Crippen LogP) is 4.89. The lowest BCUT2D eigenvalue weighted by Crippen LogP contribution is -2.26. The molecule has 2 N–H and O–H groups in total. The summed E-state index contributed by atoms with van der Waals surface area (Å²) >= 11 is 0. The van der Waals surface area contributed by atoms with Gasteiger partial charge in [-0.25, -0.2) is 4.98 Å². The number of nitrogens with one attached hydrogen (secondary N) is 2. The molecule has 1 aromatic heterocycles. The lowest BCUT2D eigenvalue weighted by molar-refractivity contribution is -0.156.